The summed E-state index contributed by atoms with van der Waals surface area (Å²) in [4.78, 5) is 29.6. The Morgan fingerprint density at radius 1 is 1.24 bits per heavy atom. The predicted octanol–water partition coefficient (Wildman–Crippen LogP) is 0.886. The molecule has 0 bridgehead atoms. The Labute approximate surface area is 122 Å². The number of rotatable bonds is 3. The van der Waals surface area contributed by atoms with E-state index in [-0.39, 0.29) is 11.8 Å². The molecule has 0 aromatic carbocycles. The highest BCUT2D eigenvalue weighted by Gasteiger charge is 2.18. The molecular formula is C14H17N5O2. The molecule has 0 unspecified atom stereocenters. The van der Waals surface area contributed by atoms with Gasteiger partial charge in [0, 0.05) is 25.9 Å². The number of nitrogens with zero attached hydrogens (tertiary/aromatic N) is 3. The van der Waals surface area contributed by atoms with Crippen LogP contribution in [-0.4, -0.2) is 35.6 Å². The van der Waals surface area contributed by atoms with Crippen LogP contribution < -0.4 is 15.6 Å². The van der Waals surface area contributed by atoms with E-state index >= 15 is 0 Å². The summed E-state index contributed by atoms with van der Waals surface area (Å²) in [5.41, 5.74) is 3.27. The molecule has 21 heavy (non-hydrogen) atoms. The zero-order valence-electron chi connectivity index (χ0n) is 11.6. The Bertz CT molecular complexity index is 576. The second kappa shape index (κ2) is 5.90. The molecule has 2 aliphatic heterocycles. The number of nitrogens with one attached hydrogen (secondary N) is 2. The summed E-state index contributed by atoms with van der Waals surface area (Å²) < 4.78 is 0. The molecule has 7 nitrogen and oxygen atoms in total. The Morgan fingerprint density at radius 2 is 2.05 bits per heavy atom. The fourth-order valence-electron chi connectivity index (χ4n) is 2.43. The molecule has 1 aromatic rings. The molecule has 1 fully saturated rings. The molecule has 2 aliphatic rings. The topological polar surface area (TPSA) is 86.7 Å². The van der Waals surface area contributed by atoms with E-state index in [2.05, 4.69) is 25.7 Å². The van der Waals surface area contributed by atoms with Crippen molar-refractivity contribution in [2.45, 2.75) is 25.7 Å². The Kier molecular flexibility index (Phi) is 3.81. The van der Waals surface area contributed by atoms with E-state index in [1.54, 1.807) is 6.20 Å². The summed E-state index contributed by atoms with van der Waals surface area (Å²) in [5.74, 6) is 0.474. The zero-order valence-corrected chi connectivity index (χ0v) is 11.6. The molecule has 0 saturated carbocycles. The summed E-state index contributed by atoms with van der Waals surface area (Å²) in [6.45, 7) is 2.07. The Hall–Kier alpha value is -2.44. The van der Waals surface area contributed by atoms with Crippen molar-refractivity contribution in [3.8, 4) is 0 Å². The van der Waals surface area contributed by atoms with Crippen molar-refractivity contribution in [1.29, 1.82) is 0 Å². The molecule has 3 heterocycles. The minimum absolute atomic E-state index is 0.164. The van der Waals surface area contributed by atoms with Gasteiger partial charge in [-0.25, -0.2) is 10.4 Å². The summed E-state index contributed by atoms with van der Waals surface area (Å²) >= 11 is 0. The van der Waals surface area contributed by atoms with Crippen LogP contribution in [0.4, 0.5) is 11.5 Å². The number of carbonyl (C=O) groups is 2. The van der Waals surface area contributed by atoms with Crippen LogP contribution in [0.3, 0.4) is 0 Å². The summed E-state index contributed by atoms with van der Waals surface area (Å²) in [6.07, 6.45) is 4.69. The molecule has 0 atom stereocenters. The first-order valence-electron chi connectivity index (χ1n) is 7.10. The lowest BCUT2D eigenvalue weighted by Gasteiger charge is -2.16. The van der Waals surface area contributed by atoms with Gasteiger partial charge in [0.25, 0.3) is 5.91 Å². The third kappa shape index (κ3) is 3.18. The summed E-state index contributed by atoms with van der Waals surface area (Å²) in [7, 11) is 0. The monoisotopic (exact) mass is 287 g/mol. The number of pyridine rings is 1. The van der Waals surface area contributed by atoms with Crippen LogP contribution in [0, 0.1) is 0 Å². The van der Waals surface area contributed by atoms with Crippen molar-refractivity contribution in [2.75, 3.05) is 23.3 Å². The fourth-order valence-corrected chi connectivity index (χ4v) is 2.43. The van der Waals surface area contributed by atoms with Crippen LogP contribution in [-0.2, 0) is 9.59 Å². The largest absolute Gasteiger partial charge is 0.357 e. The third-order valence-electron chi connectivity index (χ3n) is 3.60. The first-order chi connectivity index (χ1) is 10.2. The van der Waals surface area contributed by atoms with Gasteiger partial charge in [-0.05, 0) is 25.0 Å². The van der Waals surface area contributed by atoms with E-state index in [0.29, 0.717) is 24.2 Å². The Morgan fingerprint density at radius 3 is 2.67 bits per heavy atom. The minimum Gasteiger partial charge on any atom is -0.357 e. The maximum Gasteiger partial charge on any atom is 0.271 e. The number of hydrazone groups is 1. The van der Waals surface area contributed by atoms with Crippen LogP contribution >= 0.6 is 0 Å². The lowest BCUT2D eigenvalue weighted by Crippen LogP contribution is -2.32. The van der Waals surface area contributed by atoms with Crippen molar-refractivity contribution in [1.82, 2.24) is 10.4 Å². The number of anilines is 2. The van der Waals surface area contributed by atoms with E-state index in [9.17, 15) is 9.59 Å². The number of carbonyl (C=O) groups excluding carboxylic acids is 2. The van der Waals surface area contributed by atoms with Crippen molar-refractivity contribution < 1.29 is 9.59 Å². The van der Waals surface area contributed by atoms with E-state index in [0.717, 1.165) is 18.9 Å². The van der Waals surface area contributed by atoms with E-state index in [4.69, 9.17) is 0 Å². The van der Waals surface area contributed by atoms with Gasteiger partial charge < -0.3 is 10.2 Å². The third-order valence-corrected chi connectivity index (χ3v) is 3.60. The maximum absolute atomic E-state index is 12.0. The van der Waals surface area contributed by atoms with Crippen LogP contribution in [0.15, 0.2) is 23.4 Å². The molecule has 1 saturated heterocycles. The fraction of sp³-hybridized carbons (Fsp3) is 0.429. The first kappa shape index (κ1) is 13.5. The zero-order chi connectivity index (χ0) is 14.7. The van der Waals surface area contributed by atoms with Crippen LogP contribution in [0.1, 0.15) is 25.7 Å². The van der Waals surface area contributed by atoms with Gasteiger partial charge in [0.1, 0.15) is 11.5 Å². The van der Waals surface area contributed by atoms with Crippen LogP contribution in [0.5, 0.6) is 0 Å². The number of amides is 2. The van der Waals surface area contributed by atoms with Gasteiger partial charge in [-0.3, -0.25) is 9.59 Å². The molecule has 110 valence electrons. The first-order valence-corrected chi connectivity index (χ1v) is 7.10. The number of hydrogen-bond acceptors (Lipinski definition) is 5. The lowest BCUT2D eigenvalue weighted by atomic mass is 10.1. The quantitative estimate of drug-likeness (QED) is 0.864. The standard InChI is InChI=1S/C14H17N5O2/c20-13-6-4-11(17-18-13)14(21)16-10-3-5-12(15-9-10)19-7-1-2-8-19/h3,5,9H,1-2,4,6-8H2,(H,16,21)(H,18,20). The van der Waals surface area contributed by atoms with Gasteiger partial charge >= 0.3 is 0 Å². The SMILES string of the molecule is O=C1CCC(C(=O)Nc2ccc(N3CCCC3)nc2)=NN1. The average Bonchev–Trinajstić information content (AvgIpc) is 3.03. The van der Waals surface area contributed by atoms with Crippen molar-refractivity contribution in [3.05, 3.63) is 18.3 Å². The highest BCUT2D eigenvalue weighted by atomic mass is 16.2. The smallest absolute Gasteiger partial charge is 0.271 e. The molecule has 3 rings (SSSR count). The van der Waals surface area contributed by atoms with Crippen molar-refractivity contribution in [2.24, 2.45) is 5.10 Å². The van der Waals surface area contributed by atoms with Gasteiger partial charge in [-0.2, -0.15) is 5.10 Å². The number of aromatic nitrogens is 1. The van der Waals surface area contributed by atoms with Crippen molar-refractivity contribution in [3.63, 3.8) is 0 Å². The highest BCUT2D eigenvalue weighted by molar-refractivity contribution is 6.43. The molecule has 2 N–H and O–H groups in total. The van der Waals surface area contributed by atoms with Gasteiger partial charge in [-0.15, -0.1) is 0 Å². The molecular weight excluding hydrogens is 270 g/mol. The van der Waals surface area contributed by atoms with Crippen molar-refractivity contribution >= 4 is 29.0 Å². The van der Waals surface area contributed by atoms with E-state index in [1.165, 1.54) is 12.8 Å². The van der Waals surface area contributed by atoms with Gasteiger partial charge in [0.05, 0.1) is 11.9 Å². The van der Waals surface area contributed by atoms with Gasteiger partial charge in [0.2, 0.25) is 5.91 Å². The predicted molar refractivity (Wildman–Crippen MR) is 79.1 cm³/mol. The second-order valence-electron chi connectivity index (χ2n) is 5.15. The maximum atomic E-state index is 12.0. The Balaban J connectivity index is 1.62. The second-order valence-corrected chi connectivity index (χ2v) is 5.15. The molecule has 0 aliphatic carbocycles. The van der Waals surface area contributed by atoms with E-state index < -0.39 is 0 Å². The summed E-state index contributed by atoms with van der Waals surface area (Å²) in [6, 6.07) is 3.74. The van der Waals surface area contributed by atoms with Gasteiger partial charge in [0.15, 0.2) is 0 Å². The highest BCUT2D eigenvalue weighted by Crippen LogP contribution is 2.19. The molecule has 7 heteroatoms. The average molecular weight is 287 g/mol. The molecule has 1 aromatic heterocycles. The molecule has 0 spiro atoms. The van der Waals surface area contributed by atoms with Gasteiger partial charge in [-0.1, -0.05) is 0 Å². The summed E-state index contributed by atoms with van der Waals surface area (Å²) in [5, 5.41) is 6.51. The normalized spacial score (nSPS) is 18.2. The molecule has 0 radical (unpaired) electrons. The van der Waals surface area contributed by atoms with Crippen LogP contribution in [0.25, 0.3) is 0 Å². The van der Waals surface area contributed by atoms with E-state index in [1.807, 2.05) is 12.1 Å². The van der Waals surface area contributed by atoms with Crippen LogP contribution in [0.2, 0.25) is 0 Å². The number of hydrogen-bond donors (Lipinski definition) is 2. The lowest BCUT2D eigenvalue weighted by molar-refractivity contribution is -0.121. The molecule has 2 amide bonds. The minimum atomic E-state index is -0.300.